The van der Waals surface area contributed by atoms with E-state index in [-0.39, 0.29) is 18.4 Å². The zero-order chi connectivity index (χ0) is 19.2. The molecule has 3 rings (SSSR count). The third-order valence-electron chi connectivity index (χ3n) is 4.63. The Morgan fingerprint density at radius 3 is 2.67 bits per heavy atom. The number of hydrogen-bond donors (Lipinski definition) is 1. The summed E-state index contributed by atoms with van der Waals surface area (Å²) in [6.07, 6.45) is 2.43. The van der Waals surface area contributed by atoms with Crippen molar-refractivity contribution in [3.8, 4) is 11.3 Å². The van der Waals surface area contributed by atoms with E-state index in [0.717, 1.165) is 12.0 Å². The molecule has 0 atom stereocenters. The highest BCUT2D eigenvalue weighted by Gasteiger charge is 2.23. The van der Waals surface area contributed by atoms with Gasteiger partial charge in [-0.2, -0.15) is 0 Å². The normalized spacial score (nSPS) is 14.7. The first-order chi connectivity index (χ1) is 13.1. The summed E-state index contributed by atoms with van der Waals surface area (Å²) in [7, 11) is 1.51. The van der Waals surface area contributed by atoms with Crippen molar-refractivity contribution in [3.63, 3.8) is 0 Å². The monoisotopic (exact) mass is 368 g/mol. The molecule has 0 aliphatic carbocycles. The Balaban J connectivity index is 1.74. The predicted molar refractivity (Wildman–Crippen MR) is 103 cm³/mol. The van der Waals surface area contributed by atoms with Crippen LogP contribution >= 0.6 is 0 Å². The van der Waals surface area contributed by atoms with E-state index in [1.54, 1.807) is 34.2 Å². The molecular weight excluding hydrogens is 344 g/mol. The number of rotatable bonds is 4. The van der Waals surface area contributed by atoms with Crippen molar-refractivity contribution in [3.05, 3.63) is 48.2 Å². The fraction of sp³-hybridized carbons (Fsp3) is 0.350. The number of methoxy groups -OCH3 is 1. The Morgan fingerprint density at radius 2 is 1.89 bits per heavy atom. The number of carbonyl (C=O) groups excluding carboxylic acids is 2. The molecule has 1 aromatic heterocycles. The van der Waals surface area contributed by atoms with Gasteiger partial charge >= 0.3 is 0 Å². The molecular formula is C20H24N4O3. The molecule has 1 aliphatic rings. The van der Waals surface area contributed by atoms with Crippen LogP contribution in [0, 0.1) is 0 Å². The van der Waals surface area contributed by atoms with Crippen molar-refractivity contribution in [1.29, 1.82) is 0 Å². The summed E-state index contributed by atoms with van der Waals surface area (Å²) in [6, 6.07) is 10.9. The van der Waals surface area contributed by atoms with Gasteiger partial charge in [0.1, 0.15) is 6.61 Å². The van der Waals surface area contributed by atoms with E-state index < -0.39 is 0 Å². The van der Waals surface area contributed by atoms with E-state index >= 15 is 0 Å². The van der Waals surface area contributed by atoms with Crippen molar-refractivity contribution in [2.24, 2.45) is 0 Å². The lowest BCUT2D eigenvalue weighted by molar-refractivity contribution is -0.135. The van der Waals surface area contributed by atoms with Crippen LogP contribution in [0.1, 0.15) is 16.8 Å². The van der Waals surface area contributed by atoms with E-state index in [1.165, 1.54) is 7.11 Å². The Labute approximate surface area is 158 Å². The van der Waals surface area contributed by atoms with Crippen LogP contribution in [0.25, 0.3) is 11.3 Å². The maximum atomic E-state index is 13.0. The Hall–Kier alpha value is -2.93. The lowest BCUT2D eigenvalue weighted by atomic mass is 10.1. The van der Waals surface area contributed by atoms with Gasteiger partial charge in [0.05, 0.1) is 11.4 Å². The summed E-state index contributed by atoms with van der Waals surface area (Å²) in [5, 5.41) is 0. The second kappa shape index (κ2) is 8.64. The largest absolute Gasteiger partial charge is 0.397 e. The smallest absolute Gasteiger partial charge is 0.253 e. The number of aromatic nitrogens is 1. The Bertz CT molecular complexity index is 824. The molecule has 2 aromatic rings. The maximum absolute atomic E-state index is 13.0. The van der Waals surface area contributed by atoms with Gasteiger partial charge in [-0.15, -0.1) is 0 Å². The summed E-state index contributed by atoms with van der Waals surface area (Å²) in [5.74, 6) is -0.0909. The minimum Gasteiger partial charge on any atom is -0.397 e. The molecule has 0 bridgehead atoms. The van der Waals surface area contributed by atoms with Gasteiger partial charge in [-0.05, 0) is 30.7 Å². The molecule has 2 heterocycles. The molecule has 1 aromatic carbocycles. The first-order valence-electron chi connectivity index (χ1n) is 8.97. The SMILES string of the molecule is COCC(=O)N1CCCN(C(=O)c2cccc(-c3ncccc3N)c2)CC1. The summed E-state index contributed by atoms with van der Waals surface area (Å²) in [5.41, 5.74) is 8.65. The zero-order valence-electron chi connectivity index (χ0n) is 15.4. The van der Waals surface area contributed by atoms with Crippen LogP contribution in [-0.2, 0) is 9.53 Å². The minimum absolute atomic E-state index is 0.0422. The quantitative estimate of drug-likeness (QED) is 0.886. The van der Waals surface area contributed by atoms with E-state index in [4.69, 9.17) is 10.5 Å². The molecule has 1 fully saturated rings. The van der Waals surface area contributed by atoms with Gasteiger partial charge in [-0.25, -0.2) is 0 Å². The van der Waals surface area contributed by atoms with Gasteiger partial charge in [0, 0.05) is 50.6 Å². The lowest BCUT2D eigenvalue weighted by Crippen LogP contribution is -2.38. The average Bonchev–Trinajstić information content (AvgIpc) is 2.94. The van der Waals surface area contributed by atoms with Crippen molar-refractivity contribution in [2.75, 3.05) is 45.6 Å². The highest BCUT2D eigenvalue weighted by molar-refractivity contribution is 5.95. The number of amides is 2. The molecule has 2 amide bonds. The zero-order valence-corrected chi connectivity index (χ0v) is 15.4. The second-order valence-corrected chi connectivity index (χ2v) is 6.48. The summed E-state index contributed by atoms with van der Waals surface area (Å²) in [4.78, 5) is 32.8. The second-order valence-electron chi connectivity index (χ2n) is 6.48. The molecule has 1 saturated heterocycles. The number of nitrogens with zero attached hydrogens (tertiary/aromatic N) is 3. The van der Waals surface area contributed by atoms with Crippen LogP contribution in [0.4, 0.5) is 5.69 Å². The Kier molecular flexibility index (Phi) is 6.03. The van der Waals surface area contributed by atoms with Crippen LogP contribution in [0.3, 0.4) is 0 Å². The molecule has 2 N–H and O–H groups in total. The Morgan fingerprint density at radius 1 is 1.11 bits per heavy atom. The summed E-state index contributed by atoms with van der Waals surface area (Å²) < 4.78 is 4.92. The van der Waals surface area contributed by atoms with Gasteiger partial charge in [0.25, 0.3) is 5.91 Å². The minimum atomic E-state index is -0.0487. The number of nitrogen functional groups attached to an aromatic ring is 1. The highest BCUT2D eigenvalue weighted by Crippen LogP contribution is 2.24. The van der Waals surface area contributed by atoms with Gasteiger partial charge in [-0.3, -0.25) is 14.6 Å². The molecule has 0 unspecified atom stereocenters. The van der Waals surface area contributed by atoms with Crippen LogP contribution < -0.4 is 5.73 Å². The van der Waals surface area contributed by atoms with Gasteiger partial charge < -0.3 is 20.3 Å². The standard InChI is InChI=1S/C20H24N4O3/c1-27-14-18(25)23-9-4-10-24(12-11-23)20(26)16-6-2-5-15(13-16)19-17(21)7-3-8-22-19/h2-3,5-8,13H,4,9-12,14,21H2,1H3. The van der Waals surface area contributed by atoms with Crippen LogP contribution in [0.15, 0.2) is 42.6 Å². The fourth-order valence-electron chi connectivity index (χ4n) is 3.23. The van der Waals surface area contributed by atoms with E-state index in [9.17, 15) is 9.59 Å². The number of anilines is 1. The average molecular weight is 368 g/mol. The van der Waals surface area contributed by atoms with Gasteiger partial charge in [0.2, 0.25) is 5.91 Å². The molecule has 1 aliphatic heterocycles. The van der Waals surface area contributed by atoms with Crippen molar-refractivity contribution in [2.45, 2.75) is 6.42 Å². The predicted octanol–water partition coefficient (Wildman–Crippen LogP) is 1.65. The lowest BCUT2D eigenvalue weighted by Gasteiger charge is -2.22. The maximum Gasteiger partial charge on any atom is 0.253 e. The van der Waals surface area contributed by atoms with E-state index in [0.29, 0.717) is 43.1 Å². The van der Waals surface area contributed by atoms with Crippen LogP contribution in [0.2, 0.25) is 0 Å². The number of hydrogen-bond acceptors (Lipinski definition) is 5. The number of benzene rings is 1. The van der Waals surface area contributed by atoms with Gasteiger partial charge in [0.15, 0.2) is 0 Å². The van der Waals surface area contributed by atoms with Crippen molar-refractivity contribution >= 4 is 17.5 Å². The number of carbonyl (C=O) groups is 2. The van der Waals surface area contributed by atoms with Crippen molar-refractivity contribution in [1.82, 2.24) is 14.8 Å². The molecule has 0 radical (unpaired) electrons. The molecule has 0 spiro atoms. The van der Waals surface area contributed by atoms with Gasteiger partial charge in [-0.1, -0.05) is 12.1 Å². The third kappa shape index (κ3) is 4.43. The highest BCUT2D eigenvalue weighted by atomic mass is 16.5. The van der Waals surface area contributed by atoms with E-state index in [2.05, 4.69) is 4.98 Å². The van der Waals surface area contributed by atoms with Crippen molar-refractivity contribution < 1.29 is 14.3 Å². The molecule has 0 saturated carbocycles. The topological polar surface area (TPSA) is 88.8 Å². The molecule has 27 heavy (non-hydrogen) atoms. The summed E-state index contributed by atoms with van der Waals surface area (Å²) >= 11 is 0. The number of pyridine rings is 1. The van der Waals surface area contributed by atoms with Crippen LogP contribution in [-0.4, -0.2) is 66.5 Å². The summed E-state index contributed by atoms with van der Waals surface area (Å²) in [6.45, 7) is 2.34. The molecule has 7 nitrogen and oxygen atoms in total. The first kappa shape index (κ1) is 18.8. The third-order valence-corrected chi connectivity index (χ3v) is 4.63. The number of ether oxygens (including phenoxy) is 1. The molecule has 142 valence electrons. The first-order valence-corrected chi connectivity index (χ1v) is 8.97. The fourth-order valence-corrected chi connectivity index (χ4v) is 3.23. The van der Waals surface area contributed by atoms with Crippen LogP contribution in [0.5, 0.6) is 0 Å². The molecule has 7 heteroatoms. The van der Waals surface area contributed by atoms with E-state index in [1.807, 2.05) is 18.2 Å². The number of nitrogens with two attached hydrogens (primary N) is 1.